The van der Waals surface area contributed by atoms with E-state index in [4.69, 9.17) is 4.52 Å². The minimum Gasteiger partial charge on any atom is -0.341 e. The number of anilines is 1. The monoisotopic (exact) mass is 339 g/mol. The van der Waals surface area contributed by atoms with Crippen LogP contribution in [0.2, 0.25) is 0 Å². The van der Waals surface area contributed by atoms with Gasteiger partial charge in [-0.3, -0.25) is 9.84 Å². The van der Waals surface area contributed by atoms with Gasteiger partial charge in [-0.05, 0) is 10.2 Å². The molecule has 0 aliphatic heterocycles. The molecule has 106 valence electrons. The van der Waals surface area contributed by atoms with E-state index in [-0.39, 0.29) is 18.0 Å². The van der Waals surface area contributed by atoms with E-state index in [1.54, 1.807) is 4.68 Å². The Morgan fingerprint density at radius 1 is 1.45 bits per heavy atom. The highest BCUT2D eigenvalue weighted by molar-refractivity contribution is 9.10. The number of halogens is 1. The molecule has 0 aliphatic carbocycles. The first-order valence-corrected chi connectivity index (χ1v) is 7.00. The van der Waals surface area contributed by atoms with Gasteiger partial charge in [-0.25, -0.2) is 4.79 Å². The molecule has 1 unspecified atom stereocenters. The van der Waals surface area contributed by atoms with Gasteiger partial charge in [0.1, 0.15) is 0 Å². The summed E-state index contributed by atoms with van der Waals surface area (Å²) in [6.07, 6.45) is 0.816. The largest absolute Gasteiger partial charge is 0.341 e. The number of aromatic nitrogens is 2. The first-order chi connectivity index (χ1) is 9.61. The second-order valence-corrected chi connectivity index (χ2v) is 5.13. The van der Waals surface area contributed by atoms with Crippen LogP contribution < -0.4 is 15.3 Å². The van der Waals surface area contributed by atoms with Gasteiger partial charge in [-0.15, -0.1) is 0 Å². The fourth-order valence-corrected chi connectivity index (χ4v) is 2.40. The van der Waals surface area contributed by atoms with E-state index >= 15 is 0 Å². The molecule has 2 rings (SSSR count). The third-order valence-electron chi connectivity index (χ3n) is 2.85. The van der Waals surface area contributed by atoms with Gasteiger partial charge in [-0.1, -0.05) is 30.3 Å². The van der Waals surface area contributed by atoms with Crippen LogP contribution in [0.1, 0.15) is 18.5 Å². The fraction of sp³-hybridized carbons (Fsp3) is 0.308. The molecule has 0 fully saturated rings. The summed E-state index contributed by atoms with van der Waals surface area (Å²) in [4.78, 5) is 11.3. The summed E-state index contributed by atoms with van der Waals surface area (Å²) >= 11 is 3.39. The summed E-state index contributed by atoms with van der Waals surface area (Å²) in [6.45, 7) is 2.03. The van der Waals surface area contributed by atoms with Crippen LogP contribution in [0, 0.1) is 0 Å². The average molecular weight is 340 g/mol. The molecule has 0 aliphatic rings. The van der Waals surface area contributed by atoms with Gasteiger partial charge in [0, 0.05) is 36.3 Å². The molecule has 6 nitrogen and oxygen atoms in total. The molecule has 1 heterocycles. The summed E-state index contributed by atoms with van der Waals surface area (Å²) < 4.78 is 7.42. The number of hydrogen-bond acceptors (Lipinski definition) is 3. The van der Waals surface area contributed by atoms with E-state index in [1.807, 2.05) is 25.1 Å². The van der Waals surface area contributed by atoms with Gasteiger partial charge < -0.3 is 5.32 Å². The zero-order chi connectivity index (χ0) is 14.5. The molecule has 0 radical (unpaired) electrons. The van der Waals surface area contributed by atoms with Crippen molar-refractivity contribution in [1.82, 2.24) is 10.6 Å². The predicted molar refractivity (Wildman–Crippen MR) is 77.3 cm³/mol. The lowest BCUT2D eigenvalue weighted by atomic mass is 10.1. The van der Waals surface area contributed by atoms with Crippen molar-refractivity contribution in [3.8, 4) is 0 Å². The highest BCUT2D eigenvalue weighted by Gasteiger charge is 2.28. The van der Waals surface area contributed by atoms with E-state index < -0.39 is 0 Å². The minimum absolute atomic E-state index is 0.0933. The Kier molecular flexibility index (Phi) is 4.73. The van der Waals surface area contributed by atoms with Crippen molar-refractivity contribution in [3.63, 3.8) is 0 Å². The summed E-state index contributed by atoms with van der Waals surface area (Å²) in [5.74, 6) is 0.282. The maximum atomic E-state index is 11.3. The van der Waals surface area contributed by atoms with Crippen molar-refractivity contribution in [2.24, 2.45) is 0 Å². The van der Waals surface area contributed by atoms with Gasteiger partial charge in [0.15, 0.2) is 6.04 Å². The number of hydrogen-bond donors (Lipinski definition) is 2. The standard InChI is InChI=1S/C13H15BrN4O2/c1-9(8-10-6-4-3-5-7-10)18-11(14)12(20-17-18)16-13(19)15-2/h3-7,9H,8H2,1-2H3,(H-,15,16,17,19)/p+1. The van der Waals surface area contributed by atoms with E-state index in [9.17, 15) is 4.79 Å². The Morgan fingerprint density at radius 2 is 2.15 bits per heavy atom. The molecule has 0 saturated heterocycles. The molecular formula is C13H16BrN4O2+. The van der Waals surface area contributed by atoms with Crippen molar-refractivity contribution in [2.45, 2.75) is 19.4 Å². The Balaban J connectivity index is 2.11. The van der Waals surface area contributed by atoms with Crippen LogP contribution in [0.15, 0.2) is 39.5 Å². The maximum absolute atomic E-state index is 11.3. The van der Waals surface area contributed by atoms with Gasteiger partial charge in [0.2, 0.25) is 5.27 Å². The topological polar surface area (TPSA) is 71.0 Å². The van der Waals surface area contributed by atoms with Crippen molar-refractivity contribution in [3.05, 3.63) is 40.5 Å². The molecule has 2 aromatic rings. The van der Waals surface area contributed by atoms with Gasteiger partial charge in [0.25, 0.3) is 0 Å². The van der Waals surface area contributed by atoms with E-state index in [0.29, 0.717) is 4.60 Å². The molecule has 0 spiro atoms. The second kappa shape index (κ2) is 6.51. The first kappa shape index (κ1) is 14.5. The lowest BCUT2D eigenvalue weighted by molar-refractivity contribution is -0.790. The van der Waals surface area contributed by atoms with Crippen LogP contribution in [0.4, 0.5) is 10.7 Å². The molecule has 1 aromatic heterocycles. The van der Waals surface area contributed by atoms with Crippen LogP contribution in [0.3, 0.4) is 0 Å². The van der Waals surface area contributed by atoms with Gasteiger partial charge in [0.05, 0.1) is 0 Å². The van der Waals surface area contributed by atoms with Gasteiger partial charge >= 0.3 is 16.5 Å². The van der Waals surface area contributed by atoms with Crippen molar-refractivity contribution in [2.75, 3.05) is 12.4 Å². The first-order valence-electron chi connectivity index (χ1n) is 6.21. The quantitative estimate of drug-likeness (QED) is 0.839. The number of nitrogens with one attached hydrogen (secondary N) is 2. The van der Waals surface area contributed by atoms with Crippen LogP contribution in [-0.2, 0) is 6.42 Å². The van der Waals surface area contributed by atoms with Crippen molar-refractivity contribution < 1.29 is 14.0 Å². The number of urea groups is 1. The van der Waals surface area contributed by atoms with E-state index in [1.165, 1.54) is 12.6 Å². The number of rotatable bonds is 4. The molecule has 2 amide bonds. The van der Waals surface area contributed by atoms with Crippen LogP contribution >= 0.6 is 15.9 Å². The second-order valence-electron chi connectivity index (χ2n) is 4.38. The fourth-order valence-electron chi connectivity index (χ4n) is 1.82. The molecule has 7 heteroatoms. The Hall–Kier alpha value is -1.89. The molecule has 1 aromatic carbocycles. The van der Waals surface area contributed by atoms with Crippen molar-refractivity contribution >= 4 is 27.8 Å². The smallest absolute Gasteiger partial charge is 0.340 e. The third kappa shape index (κ3) is 3.36. The summed E-state index contributed by atoms with van der Waals surface area (Å²) in [7, 11) is 1.53. The average Bonchev–Trinajstić information content (AvgIpc) is 2.81. The van der Waals surface area contributed by atoms with Crippen LogP contribution in [0.5, 0.6) is 0 Å². The maximum Gasteiger partial charge on any atom is 0.340 e. The number of amides is 2. The molecule has 2 N–H and O–H groups in total. The normalized spacial score (nSPS) is 11.9. The minimum atomic E-state index is -0.357. The number of carbonyl (C=O) groups excluding carboxylic acids is 1. The number of benzene rings is 1. The lowest BCUT2D eigenvalue weighted by Gasteiger charge is -2.02. The summed E-state index contributed by atoms with van der Waals surface area (Å²) in [6, 6.07) is 9.86. The van der Waals surface area contributed by atoms with Crippen LogP contribution in [-0.4, -0.2) is 18.4 Å². The lowest BCUT2D eigenvalue weighted by Crippen LogP contribution is -2.42. The summed E-state index contributed by atoms with van der Waals surface area (Å²) in [5.41, 5.74) is 1.21. The summed E-state index contributed by atoms with van der Waals surface area (Å²) in [5, 5.41) is 8.95. The Labute approximate surface area is 125 Å². The predicted octanol–water partition coefficient (Wildman–Crippen LogP) is 2.28. The van der Waals surface area contributed by atoms with Gasteiger partial charge in [-0.2, -0.15) is 0 Å². The molecule has 0 bridgehead atoms. The molecular weight excluding hydrogens is 324 g/mol. The van der Waals surface area contributed by atoms with E-state index in [2.05, 4.69) is 44.0 Å². The highest BCUT2D eigenvalue weighted by atomic mass is 79.9. The third-order valence-corrected chi connectivity index (χ3v) is 3.58. The molecule has 1 atom stereocenters. The zero-order valence-electron chi connectivity index (χ0n) is 11.3. The molecule has 0 saturated carbocycles. The highest BCUT2D eigenvalue weighted by Crippen LogP contribution is 2.19. The Morgan fingerprint density at radius 3 is 2.80 bits per heavy atom. The SMILES string of the molecule is CNC(=O)Nc1on[n+](C(C)Cc2ccccc2)c1Br. The van der Waals surface area contributed by atoms with Crippen molar-refractivity contribution in [1.29, 1.82) is 0 Å². The Bertz CT molecular complexity index is 585. The molecule has 20 heavy (non-hydrogen) atoms. The zero-order valence-corrected chi connectivity index (χ0v) is 12.8. The van der Waals surface area contributed by atoms with Crippen LogP contribution in [0.25, 0.3) is 0 Å². The van der Waals surface area contributed by atoms with E-state index in [0.717, 1.165) is 6.42 Å². The number of nitrogens with zero attached hydrogens (tertiary/aromatic N) is 2. The number of carbonyl (C=O) groups is 1.